The maximum Gasteiger partial charge on any atom is 0.407 e. The normalized spacial score (nSPS) is 20.6. The lowest BCUT2D eigenvalue weighted by molar-refractivity contribution is -0.137. The number of aromatic amines is 2. The van der Waals surface area contributed by atoms with Gasteiger partial charge in [-0.3, -0.25) is 9.59 Å². The largest absolute Gasteiger partial charge is 0.453 e. The summed E-state index contributed by atoms with van der Waals surface area (Å²) < 4.78 is 15.2. The molecule has 3 aliphatic heterocycles. The van der Waals surface area contributed by atoms with Crippen molar-refractivity contribution in [2.45, 2.75) is 89.4 Å². The Morgan fingerprint density at radius 2 is 1.44 bits per heavy atom. The smallest absolute Gasteiger partial charge is 0.407 e. The number of aryl methyl sites for hydroxylation is 2. The molecule has 3 fully saturated rings. The van der Waals surface area contributed by atoms with E-state index in [1.807, 2.05) is 29.7 Å². The van der Waals surface area contributed by atoms with Crippen molar-refractivity contribution in [2.75, 3.05) is 40.5 Å². The second-order valence-electron chi connectivity index (χ2n) is 16.0. The summed E-state index contributed by atoms with van der Waals surface area (Å²) in [7, 11) is 2.61. The Bertz CT molecular complexity index is 2160. The van der Waals surface area contributed by atoms with E-state index in [-0.39, 0.29) is 35.7 Å². The Morgan fingerprint density at radius 3 is 2.14 bits per heavy atom. The number of fused-ring (bicyclic) bond motifs is 4. The van der Waals surface area contributed by atoms with E-state index < -0.39 is 24.3 Å². The molecule has 0 bridgehead atoms. The minimum atomic E-state index is -0.688. The molecule has 4 N–H and O–H groups in total. The lowest BCUT2D eigenvalue weighted by Crippen LogP contribution is -2.53. The molecular weight excluding hydrogens is 729 g/mol. The fourth-order valence-electron chi connectivity index (χ4n) is 9.14. The zero-order valence-electron chi connectivity index (χ0n) is 33.1. The summed E-state index contributed by atoms with van der Waals surface area (Å²) in [5.41, 5.74) is 8.20. The van der Waals surface area contributed by atoms with Gasteiger partial charge >= 0.3 is 12.2 Å². The highest BCUT2D eigenvalue weighted by atomic mass is 16.5. The topological polar surface area (TPSA) is 184 Å². The Morgan fingerprint density at radius 1 is 0.789 bits per heavy atom. The van der Waals surface area contributed by atoms with Gasteiger partial charge in [0.15, 0.2) is 0 Å². The number of nitrogens with one attached hydrogen (secondary N) is 4. The molecule has 5 heterocycles. The molecule has 4 atom stereocenters. The van der Waals surface area contributed by atoms with Crippen LogP contribution in [0, 0.1) is 11.8 Å². The standard InChI is InChI=1S/C42H52N8O7/c1-23(2)34(47-41(53)55-3)39(51)49-17-6-8-33(49)38-44-30-14-11-27-21-25(9-12-28(27)36(30)46-38)26-10-13-29-31(22-26)45-37(43-29)32-7-5-18-50(32)40(52)35(48-42(54)56-4)24-15-19-57-20-16-24/h9-10,12-13,21-24,32-35H,5-8,11,14-20H2,1-4H3,(H,43,45)(H,44,46)(H,47,53)(H,48,54)/t32-,33-,34-,35-/m0/s1. The summed E-state index contributed by atoms with van der Waals surface area (Å²) in [5.74, 6) is 1.15. The molecule has 0 spiro atoms. The van der Waals surface area contributed by atoms with Crippen LogP contribution in [0.3, 0.4) is 0 Å². The molecule has 3 saturated heterocycles. The number of amides is 4. The van der Waals surface area contributed by atoms with E-state index in [2.05, 4.69) is 50.9 Å². The molecule has 302 valence electrons. The summed E-state index contributed by atoms with van der Waals surface area (Å²) >= 11 is 0. The number of aromatic nitrogens is 4. The number of hydrogen-bond donors (Lipinski definition) is 4. The molecule has 15 heteroatoms. The Balaban J connectivity index is 1.00. The second-order valence-corrected chi connectivity index (χ2v) is 16.0. The van der Waals surface area contributed by atoms with Gasteiger partial charge in [-0.05, 0) is 92.0 Å². The highest BCUT2D eigenvalue weighted by Gasteiger charge is 2.41. The molecule has 0 saturated carbocycles. The van der Waals surface area contributed by atoms with Gasteiger partial charge in [-0.15, -0.1) is 0 Å². The third kappa shape index (κ3) is 7.56. The molecule has 15 nitrogen and oxygen atoms in total. The summed E-state index contributed by atoms with van der Waals surface area (Å²) in [6.45, 7) is 6.14. The van der Waals surface area contributed by atoms with Crippen molar-refractivity contribution in [1.29, 1.82) is 0 Å². The fraction of sp³-hybridized carbons (Fsp3) is 0.524. The molecule has 4 aromatic rings. The minimum Gasteiger partial charge on any atom is -0.453 e. The molecular formula is C42H52N8O7. The van der Waals surface area contributed by atoms with Crippen molar-refractivity contribution < 1.29 is 33.4 Å². The highest BCUT2D eigenvalue weighted by Crippen LogP contribution is 2.39. The fourth-order valence-corrected chi connectivity index (χ4v) is 9.14. The van der Waals surface area contributed by atoms with Crippen molar-refractivity contribution in [3.8, 4) is 22.4 Å². The van der Waals surface area contributed by atoms with Crippen molar-refractivity contribution in [3.05, 3.63) is 59.3 Å². The first-order valence-electron chi connectivity index (χ1n) is 20.2. The van der Waals surface area contributed by atoms with E-state index in [4.69, 9.17) is 24.2 Å². The summed E-state index contributed by atoms with van der Waals surface area (Å²) in [5, 5.41) is 5.55. The van der Waals surface area contributed by atoms with Crippen molar-refractivity contribution >= 4 is 35.0 Å². The maximum absolute atomic E-state index is 14.1. The van der Waals surface area contributed by atoms with E-state index in [1.165, 1.54) is 19.8 Å². The molecule has 57 heavy (non-hydrogen) atoms. The number of benzene rings is 2. The number of carbonyl (C=O) groups excluding carboxylic acids is 4. The monoisotopic (exact) mass is 780 g/mol. The molecule has 0 unspecified atom stereocenters. The highest BCUT2D eigenvalue weighted by molar-refractivity contribution is 5.88. The number of carbonyl (C=O) groups is 4. The van der Waals surface area contributed by atoms with Crippen LogP contribution in [0.4, 0.5) is 9.59 Å². The molecule has 8 rings (SSSR count). The maximum atomic E-state index is 14.1. The molecule has 2 aromatic heterocycles. The average Bonchev–Trinajstić information content (AvgIpc) is 4.06. The zero-order chi connectivity index (χ0) is 39.8. The second kappa shape index (κ2) is 16.2. The number of methoxy groups -OCH3 is 2. The lowest BCUT2D eigenvalue weighted by atomic mass is 9.89. The third-order valence-corrected chi connectivity index (χ3v) is 12.2. The van der Waals surface area contributed by atoms with Crippen LogP contribution in [0.15, 0.2) is 36.4 Å². The van der Waals surface area contributed by atoms with E-state index in [1.54, 1.807) is 0 Å². The lowest BCUT2D eigenvalue weighted by Gasteiger charge is -2.34. The van der Waals surface area contributed by atoms with Gasteiger partial charge in [0.1, 0.15) is 23.7 Å². The SMILES string of the molecule is COC(=O)N[C@H](C(=O)N1CCC[C@H]1c1nc2c([nH]1)-c1ccc(-c3ccc4nc([C@@H]5CCCN5C(=O)[C@@H](NC(=O)OC)C5CCOCC5)[nH]c4c3)cc1CC2)C(C)C. The number of nitrogens with zero attached hydrogens (tertiary/aromatic N) is 4. The van der Waals surface area contributed by atoms with E-state index >= 15 is 0 Å². The molecule has 0 radical (unpaired) electrons. The average molecular weight is 781 g/mol. The van der Waals surface area contributed by atoms with Gasteiger partial charge in [-0.1, -0.05) is 38.1 Å². The number of H-pyrrole nitrogens is 2. The van der Waals surface area contributed by atoms with Crippen molar-refractivity contribution in [3.63, 3.8) is 0 Å². The van der Waals surface area contributed by atoms with Gasteiger partial charge in [0.05, 0.1) is 48.7 Å². The zero-order valence-corrected chi connectivity index (χ0v) is 33.1. The number of likely N-dealkylation sites (tertiary alicyclic amines) is 2. The van der Waals surface area contributed by atoms with E-state index in [9.17, 15) is 19.2 Å². The van der Waals surface area contributed by atoms with Gasteiger partial charge < -0.3 is 44.6 Å². The molecule has 4 amide bonds. The first-order valence-corrected chi connectivity index (χ1v) is 20.2. The van der Waals surface area contributed by atoms with E-state index in [0.29, 0.717) is 39.1 Å². The number of imidazole rings is 2. The van der Waals surface area contributed by atoms with Gasteiger partial charge in [-0.25, -0.2) is 19.6 Å². The van der Waals surface area contributed by atoms with Crippen LogP contribution >= 0.6 is 0 Å². The van der Waals surface area contributed by atoms with Crippen molar-refractivity contribution in [2.24, 2.45) is 11.8 Å². The first-order chi connectivity index (χ1) is 27.6. The van der Waals surface area contributed by atoms with Crippen molar-refractivity contribution in [1.82, 2.24) is 40.4 Å². The first kappa shape index (κ1) is 38.4. The van der Waals surface area contributed by atoms with Crippen LogP contribution in [-0.2, 0) is 36.6 Å². The van der Waals surface area contributed by atoms with Crippen LogP contribution < -0.4 is 10.6 Å². The van der Waals surface area contributed by atoms with Crippen LogP contribution in [-0.4, -0.2) is 106 Å². The molecule has 1 aliphatic carbocycles. The van der Waals surface area contributed by atoms with Crippen LogP contribution in [0.1, 0.15) is 87.4 Å². The van der Waals surface area contributed by atoms with Gasteiger partial charge in [-0.2, -0.15) is 0 Å². The number of rotatable bonds is 9. The predicted octanol–water partition coefficient (Wildman–Crippen LogP) is 5.58. The summed E-state index contributed by atoms with van der Waals surface area (Å²) in [6.07, 6.45) is 5.05. The number of hydrogen-bond acceptors (Lipinski definition) is 9. The quantitative estimate of drug-likeness (QED) is 0.169. The third-order valence-electron chi connectivity index (χ3n) is 12.2. The van der Waals surface area contributed by atoms with Crippen LogP contribution in [0.25, 0.3) is 33.4 Å². The molecule has 4 aliphatic rings. The predicted molar refractivity (Wildman–Crippen MR) is 211 cm³/mol. The van der Waals surface area contributed by atoms with E-state index in [0.717, 1.165) is 89.3 Å². The number of alkyl carbamates (subject to hydrolysis) is 2. The van der Waals surface area contributed by atoms with Gasteiger partial charge in [0.25, 0.3) is 0 Å². The summed E-state index contributed by atoms with van der Waals surface area (Å²) in [4.78, 5) is 73.0. The van der Waals surface area contributed by atoms with Gasteiger partial charge in [0, 0.05) is 31.9 Å². The number of ether oxygens (including phenoxy) is 3. The van der Waals surface area contributed by atoms with Crippen LogP contribution in [0.5, 0.6) is 0 Å². The Labute approximate surface area is 331 Å². The van der Waals surface area contributed by atoms with Crippen LogP contribution in [0.2, 0.25) is 0 Å². The Kier molecular flexibility index (Phi) is 10.9. The molecule has 2 aromatic carbocycles. The minimum absolute atomic E-state index is 0.0301. The van der Waals surface area contributed by atoms with Gasteiger partial charge in [0.2, 0.25) is 11.8 Å². The summed E-state index contributed by atoms with van der Waals surface area (Å²) in [6, 6.07) is 11.0. The Hall–Kier alpha value is -5.44.